The summed E-state index contributed by atoms with van der Waals surface area (Å²) in [4.78, 5) is 3.50. The van der Waals surface area contributed by atoms with Crippen LogP contribution in [0.2, 0.25) is 0 Å². The number of hydrogen-bond donors (Lipinski definition) is 1. The quantitative estimate of drug-likeness (QED) is 0.634. The normalized spacial score (nSPS) is 10.6. The minimum absolute atomic E-state index is 0.386. The van der Waals surface area contributed by atoms with Crippen molar-refractivity contribution in [2.45, 2.75) is 0 Å². The first-order chi connectivity index (χ1) is 9.24. The molecular formula is C15H10BrNOS. The predicted octanol–water partition coefficient (Wildman–Crippen LogP) is 5.43. The van der Waals surface area contributed by atoms with Crippen LogP contribution in [0.3, 0.4) is 0 Å². The van der Waals surface area contributed by atoms with Gasteiger partial charge in [-0.25, -0.2) is 0 Å². The third kappa shape index (κ3) is 2.55. The summed E-state index contributed by atoms with van der Waals surface area (Å²) in [5, 5.41) is 0. The summed E-state index contributed by atoms with van der Waals surface area (Å²) < 4.78 is 6.67. The molecule has 0 aliphatic rings. The lowest BCUT2D eigenvalue weighted by Gasteiger charge is -2.02. The van der Waals surface area contributed by atoms with E-state index < -0.39 is 0 Å². The summed E-state index contributed by atoms with van der Waals surface area (Å²) >= 11 is 8.55. The molecule has 4 heteroatoms. The summed E-state index contributed by atoms with van der Waals surface area (Å²) in [6.07, 6.45) is 0. The molecule has 0 bridgehead atoms. The van der Waals surface area contributed by atoms with Gasteiger partial charge >= 0.3 is 0 Å². The molecule has 94 valence electrons. The Hall–Kier alpha value is -1.65. The van der Waals surface area contributed by atoms with E-state index in [2.05, 4.69) is 20.9 Å². The molecule has 0 fully saturated rings. The fraction of sp³-hybridized carbons (Fsp3) is 0. The molecule has 1 heterocycles. The number of oxazole rings is 1. The van der Waals surface area contributed by atoms with Gasteiger partial charge in [0.1, 0.15) is 0 Å². The number of rotatable bonds is 2. The van der Waals surface area contributed by atoms with Gasteiger partial charge in [0, 0.05) is 15.6 Å². The number of H-pyrrole nitrogens is 1. The zero-order valence-corrected chi connectivity index (χ0v) is 12.3. The van der Waals surface area contributed by atoms with Crippen LogP contribution >= 0.6 is 28.1 Å². The number of nitrogens with one attached hydrogen (secondary N) is 1. The van der Waals surface area contributed by atoms with Crippen LogP contribution in [0.4, 0.5) is 0 Å². The van der Waals surface area contributed by atoms with Crippen LogP contribution < -0.4 is 0 Å². The van der Waals surface area contributed by atoms with Crippen molar-refractivity contribution in [3.63, 3.8) is 0 Å². The van der Waals surface area contributed by atoms with E-state index in [0.717, 1.165) is 27.1 Å². The van der Waals surface area contributed by atoms with Crippen molar-refractivity contribution in [1.29, 1.82) is 0 Å². The number of benzene rings is 2. The average Bonchev–Trinajstić information content (AvgIpc) is 2.83. The average molecular weight is 332 g/mol. The Morgan fingerprint density at radius 2 is 1.58 bits per heavy atom. The highest BCUT2D eigenvalue weighted by Crippen LogP contribution is 2.32. The maximum Gasteiger partial charge on any atom is 0.266 e. The first-order valence-corrected chi connectivity index (χ1v) is 6.98. The van der Waals surface area contributed by atoms with E-state index in [0.29, 0.717) is 4.84 Å². The number of hydrogen-bond acceptors (Lipinski definition) is 2. The lowest BCUT2D eigenvalue weighted by atomic mass is 10.1. The van der Waals surface area contributed by atoms with Crippen LogP contribution in [-0.4, -0.2) is 4.98 Å². The molecule has 0 amide bonds. The largest absolute Gasteiger partial charge is 0.429 e. The van der Waals surface area contributed by atoms with Crippen LogP contribution in [0.5, 0.6) is 0 Å². The maximum atomic E-state index is 5.63. The minimum atomic E-state index is 0.386. The summed E-state index contributed by atoms with van der Waals surface area (Å²) in [5.41, 5.74) is 2.96. The van der Waals surface area contributed by atoms with Gasteiger partial charge in [-0.1, -0.05) is 58.4 Å². The minimum Gasteiger partial charge on any atom is -0.429 e. The van der Waals surface area contributed by atoms with Gasteiger partial charge in [-0.2, -0.15) is 0 Å². The third-order valence-electron chi connectivity index (χ3n) is 2.82. The Bertz CT molecular complexity index is 744. The molecule has 0 radical (unpaired) electrons. The molecule has 0 unspecified atom stereocenters. The number of aromatic amines is 1. The van der Waals surface area contributed by atoms with E-state index in [-0.39, 0.29) is 0 Å². The van der Waals surface area contributed by atoms with Crippen molar-refractivity contribution in [3.8, 4) is 22.6 Å². The fourth-order valence-corrected chi connectivity index (χ4v) is 2.39. The summed E-state index contributed by atoms with van der Waals surface area (Å²) in [5.74, 6) is 0.771. The second-order valence-electron chi connectivity index (χ2n) is 4.09. The molecule has 0 spiro atoms. The highest BCUT2D eigenvalue weighted by Gasteiger charge is 2.12. The van der Waals surface area contributed by atoms with Gasteiger partial charge < -0.3 is 9.40 Å². The van der Waals surface area contributed by atoms with E-state index in [1.54, 1.807) is 0 Å². The SMILES string of the molecule is S=c1[nH]c(-c2ccc(Br)cc2)c(-c2ccccc2)o1. The molecule has 2 aromatic carbocycles. The van der Waals surface area contributed by atoms with Crippen molar-refractivity contribution in [2.75, 3.05) is 0 Å². The van der Waals surface area contributed by atoms with Gasteiger partial charge in [-0.05, 0) is 24.4 Å². The van der Waals surface area contributed by atoms with Crippen molar-refractivity contribution < 1.29 is 4.42 Å². The van der Waals surface area contributed by atoms with Gasteiger partial charge in [-0.3, -0.25) is 0 Å². The Kier molecular flexibility index (Phi) is 3.36. The Morgan fingerprint density at radius 3 is 2.26 bits per heavy atom. The second-order valence-corrected chi connectivity index (χ2v) is 5.38. The zero-order chi connectivity index (χ0) is 13.2. The van der Waals surface area contributed by atoms with E-state index in [4.69, 9.17) is 16.6 Å². The standard InChI is InChI=1S/C15H10BrNOS/c16-12-8-6-10(7-9-12)13-14(18-15(19)17-13)11-4-2-1-3-5-11/h1-9H,(H,17,19). The number of halogens is 1. The van der Waals surface area contributed by atoms with E-state index >= 15 is 0 Å². The summed E-state index contributed by atoms with van der Waals surface area (Å²) in [6.45, 7) is 0. The fourth-order valence-electron chi connectivity index (χ4n) is 1.94. The molecule has 3 aromatic rings. The molecular weight excluding hydrogens is 322 g/mol. The lowest BCUT2D eigenvalue weighted by molar-refractivity contribution is 0.554. The molecule has 0 aliphatic heterocycles. The van der Waals surface area contributed by atoms with Crippen LogP contribution in [0, 0.1) is 4.84 Å². The highest BCUT2D eigenvalue weighted by atomic mass is 79.9. The first kappa shape index (κ1) is 12.4. The van der Waals surface area contributed by atoms with Gasteiger partial charge in [0.15, 0.2) is 5.76 Å². The molecule has 19 heavy (non-hydrogen) atoms. The molecule has 3 rings (SSSR count). The molecule has 0 saturated heterocycles. The van der Waals surface area contributed by atoms with Crippen LogP contribution in [0.15, 0.2) is 63.5 Å². The number of aromatic nitrogens is 1. The van der Waals surface area contributed by atoms with Crippen molar-refractivity contribution in [1.82, 2.24) is 4.98 Å². The van der Waals surface area contributed by atoms with Crippen molar-refractivity contribution in [2.24, 2.45) is 0 Å². The summed E-state index contributed by atoms with van der Waals surface area (Å²) in [7, 11) is 0. The topological polar surface area (TPSA) is 28.9 Å². The van der Waals surface area contributed by atoms with Gasteiger partial charge in [0.05, 0.1) is 5.69 Å². The van der Waals surface area contributed by atoms with Crippen molar-refractivity contribution in [3.05, 3.63) is 63.9 Å². The van der Waals surface area contributed by atoms with Crippen LogP contribution in [0.25, 0.3) is 22.6 Å². The maximum absolute atomic E-state index is 5.63. The second kappa shape index (κ2) is 5.15. The van der Waals surface area contributed by atoms with Crippen molar-refractivity contribution >= 4 is 28.1 Å². The van der Waals surface area contributed by atoms with Gasteiger partial charge in [-0.15, -0.1) is 0 Å². The Morgan fingerprint density at radius 1 is 0.895 bits per heavy atom. The van der Waals surface area contributed by atoms with Gasteiger partial charge in [0.2, 0.25) is 0 Å². The van der Waals surface area contributed by atoms with E-state index in [1.807, 2.05) is 54.6 Å². The predicted molar refractivity (Wildman–Crippen MR) is 82.5 cm³/mol. The molecule has 2 nitrogen and oxygen atoms in total. The monoisotopic (exact) mass is 331 g/mol. The Labute approximate surface area is 124 Å². The Balaban J connectivity index is 2.17. The lowest BCUT2D eigenvalue weighted by Crippen LogP contribution is -1.82. The smallest absolute Gasteiger partial charge is 0.266 e. The van der Waals surface area contributed by atoms with Crippen LogP contribution in [-0.2, 0) is 0 Å². The molecule has 0 aliphatic carbocycles. The third-order valence-corrected chi connectivity index (χ3v) is 3.53. The van der Waals surface area contributed by atoms with Gasteiger partial charge in [0.25, 0.3) is 4.84 Å². The van der Waals surface area contributed by atoms with E-state index in [9.17, 15) is 0 Å². The summed E-state index contributed by atoms with van der Waals surface area (Å²) in [6, 6.07) is 18.0. The molecule has 1 N–H and O–H groups in total. The zero-order valence-electron chi connectivity index (χ0n) is 9.89. The van der Waals surface area contributed by atoms with E-state index in [1.165, 1.54) is 0 Å². The molecule has 1 aromatic heterocycles. The molecule has 0 atom stereocenters. The first-order valence-electron chi connectivity index (χ1n) is 5.78. The molecule has 0 saturated carbocycles. The van der Waals surface area contributed by atoms with Crippen LogP contribution in [0.1, 0.15) is 0 Å². The highest BCUT2D eigenvalue weighted by molar-refractivity contribution is 9.10.